The lowest BCUT2D eigenvalue weighted by Gasteiger charge is -2.13. The molecule has 0 spiro atoms. The highest BCUT2D eigenvalue weighted by molar-refractivity contribution is 5.86. The molecule has 4 rings (SSSR count). The van der Waals surface area contributed by atoms with Gasteiger partial charge in [0.05, 0.1) is 16.5 Å². The average molecular weight is 368 g/mol. The standard InChI is InChI=1S/C24H20N2O2/c1-3-8-17-15-16(2)13-14-22(17)28-24-18-9-4-6-11-20(18)25-23(26-24)19-10-5-7-12-21(19)27/h3-7,9-15,27H,1,8H2,2H3. The Hall–Kier alpha value is -3.66. The number of allylic oxidation sites excluding steroid dienone is 1. The van der Waals surface area contributed by atoms with E-state index in [9.17, 15) is 5.11 Å². The molecule has 0 aliphatic rings. The molecule has 0 fully saturated rings. The first kappa shape index (κ1) is 17.7. The van der Waals surface area contributed by atoms with Crippen molar-refractivity contribution in [1.29, 1.82) is 0 Å². The van der Waals surface area contributed by atoms with E-state index in [1.807, 2.05) is 55.5 Å². The van der Waals surface area contributed by atoms with Crippen molar-refractivity contribution in [3.63, 3.8) is 0 Å². The molecule has 0 unspecified atom stereocenters. The molecule has 4 nitrogen and oxygen atoms in total. The van der Waals surface area contributed by atoms with Crippen LogP contribution in [-0.4, -0.2) is 15.1 Å². The van der Waals surface area contributed by atoms with Crippen LogP contribution in [0.3, 0.4) is 0 Å². The summed E-state index contributed by atoms with van der Waals surface area (Å²) in [7, 11) is 0. The number of benzene rings is 3. The molecule has 0 amide bonds. The molecular weight excluding hydrogens is 348 g/mol. The van der Waals surface area contributed by atoms with Gasteiger partial charge in [-0.2, -0.15) is 4.98 Å². The lowest BCUT2D eigenvalue weighted by molar-refractivity contribution is 0.463. The van der Waals surface area contributed by atoms with Crippen LogP contribution < -0.4 is 4.74 Å². The van der Waals surface area contributed by atoms with Crippen LogP contribution in [-0.2, 0) is 6.42 Å². The summed E-state index contributed by atoms with van der Waals surface area (Å²) in [6, 6.07) is 20.8. The lowest BCUT2D eigenvalue weighted by Crippen LogP contribution is -1.98. The largest absolute Gasteiger partial charge is 0.507 e. The Morgan fingerprint density at radius 1 is 1.00 bits per heavy atom. The minimum Gasteiger partial charge on any atom is -0.507 e. The zero-order valence-electron chi connectivity index (χ0n) is 15.6. The Kier molecular flexibility index (Phi) is 4.77. The third-order valence-electron chi connectivity index (χ3n) is 4.50. The van der Waals surface area contributed by atoms with Gasteiger partial charge in [-0.1, -0.05) is 48.0 Å². The van der Waals surface area contributed by atoms with Gasteiger partial charge in [0.1, 0.15) is 11.5 Å². The summed E-state index contributed by atoms with van der Waals surface area (Å²) in [6.07, 6.45) is 2.56. The van der Waals surface area contributed by atoms with Crippen LogP contribution in [0.15, 0.2) is 79.4 Å². The van der Waals surface area contributed by atoms with E-state index in [0.29, 0.717) is 23.7 Å². The number of phenolic OH excluding ortho intramolecular Hbond substituents is 1. The second kappa shape index (κ2) is 7.53. The number of aryl methyl sites for hydroxylation is 1. The van der Waals surface area contributed by atoms with E-state index >= 15 is 0 Å². The summed E-state index contributed by atoms with van der Waals surface area (Å²) in [5, 5.41) is 11.0. The van der Waals surface area contributed by atoms with Crippen LogP contribution >= 0.6 is 0 Å². The summed E-state index contributed by atoms with van der Waals surface area (Å²) in [5.74, 6) is 1.74. The van der Waals surface area contributed by atoms with E-state index in [0.717, 1.165) is 27.8 Å². The van der Waals surface area contributed by atoms with E-state index < -0.39 is 0 Å². The highest BCUT2D eigenvalue weighted by Crippen LogP contribution is 2.34. The Morgan fingerprint density at radius 2 is 1.79 bits per heavy atom. The third kappa shape index (κ3) is 3.45. The number of nitrogens with zero attached hydrogens (tertiary/aromatic N) is 2. The second-order valence-electron chi connectivity index (χ2n) is 6.59. The molecular formula is C24H20N2O2. The maximum Gasteiger partial charge on any atom is 0.230 e. The number of hydrogen-bond acceptors (Lipinski definition) is 4. The third-order valence-corrected chi connectivity index (χ3v) is 4.50. The number of aromatic hydroxyl groups is 1. The van der Waals surface area contributed by atoms with Crippen molar-refractivity contribution in [2.75, 3.05) is 0 Å². The van der Waals surface area contributed by atoms with Gasteiger partial charge in [-0.15, -0.1) is 6.58 Å². The maximum atomic E-state index is 10.2. The van der Waals surface area contributed by atoms with Crippen molar-refractivity contribution in [1.82, 2.24) is 9.97 Å². The fourth-order valence-electron chi connectivity index (χ4n) is 3.14. The van der Waals surface area contributed by atoms with E-state index in [1.165, 1.54) is 0 Å². The van der Waals surface area contributed by atoms with Crippen LogP contribution in [0.2, 0.25) is 0 Å². The number of aromatic nitrogens is 2. The predicted octanol–water partition coefficient (Wildman–Crippen LogP) is 5.83. The molecule has 138 valence electrons. The highest BCUT2D eigenvalue weighted by Gasteiger charge is 2.14. The minimum atomic E-state index is 0.131. The van der Waals surface area contributed by atoms with Crippen LogP contribution in [0.25, 0.3) is 22.3 Å². The molecule has 0 bridgehead atoms. The average Bonchev–Trinajstić information content (AvgIpc) is 2.70. The zero-order chi connectivity index (χ0) is 19.5. The number of rotatable bonds is 5. The summed E-state index contributed by atoms with van der Waals surface area (Å²) < 4.78 is 6.25. The fourth-order valence-corrected chi connectivity index (χ4v) is 3.14. The predicted molar refractivity (Wildman–Crippen MR) is 112 cm³/mol. The smallest absolute Gasteiger partial charge is 0.230 e. The quantitative estimate of drug-likeness (QED) is 0.450. The first-order valence-corrected chi connectivity index (χ1v) is 9.09. The molecule has 0 saturated carbocycles. The molecule has 0 radical (unpaired) electrons. The molecule has 0 aliphatic carbocycles. The van der Waals surface area contributed by atoms with Crippen molar-refractivity contribution in [3.05, 3.63) is 90.5 Å². The van der Waals surface area contributed by atoms with Gasteiger partial charge in [-0.05, 0) is 49.2 Å². The Morgan fingerprint density at radius 3 is 2.61 bits per heavy atom. The number of hydrogen-bond donors (Lipinski definition) is 1. The lowest BCUT2D eigenvalue weighted by atomic mass is 10.1. The van der Waals surface area contributed by atoms with Crippen molar-refractivity contribution in [2.24, 2.45) is 0 Å². The van der Waals surface area contributed by atoms with Crippen molar-refractivity contribution in [2.45, 2.75) is 13.3 Å². The van der Waals surface area contributed by atoms with Gasteiger partial charge in [-0.25, -0.2) is 4.98 Å². The second-order valence-corrected chi connectivity index (χ2v) is 6.59. The van der Waals surface area contributed by atoms with E-state index in [2.05, 4.69) is 22.6 Å². The summed E-state index contributed by atoms with van der Waals surface area (Å²) in [4.78, 5) is 9.25. The normalized spacial score (nSPS) is 10.8. The van der Waals surface area contributed by atoms with Crippen LogP contribution in [0.4, 0.5) is 0 Å². The van der Waals surface area contributed by atoms with Gasteiger partial charge in [0.2, 0.25) is 5.88 Å². The highest BCUT2D eigenvalue weighted by atomic mass is 16.5. The van der Waals surface area contributed by atoms with Gasteiger partial charge >= 0.3 is 0 Å². The van der Waals surface area contributed by atoms with Crippen LogP contribution in [0, 0.1) is 6.92 Å². The molecule has 0 aliphatic heterocycles. The van der Waals surface area contributed by atoms with Crippen LogP contribution in [0.5, 0.6) is 17.4 Å². The van der Waals surface area contributed by atoms with Gasteiger partial charge in [0.15, 0.2) is 5.82 Å². The van der Waals surface area contributed by atoms with Gasteiger partial charge in [0, 0.05) is 0 Å². The number of phenols is 1. The summed E-state index contributed by atoms with van der Waals surface area (Å²) >= 11 is 0. The van der Waals surface area contributed by atoms with Gasteiger partial charge < -0.3 is 9.84 Å². The maximum absolute atomic E-state index is 10.2. The van der Waals surface area contributed by atoms with Crippen molar-refractivity contribution >= 4 is 10.9 Å². The van der Waals surface area contributed by atoms with Gasteiger partial charge in [-0.3, -0.25) is 0 Å². The number of fused-ring (bicyclic) bond motifs is 1. The molecule has 0 saturated heterocycles. The Balaban J connectivity index is 1.87. The van der Waals surface area contributed by atoms with E-state index in [4.69, 9.17) is 4.74 Å². The molecule has 4 heteroatoms. The van der Waals surface area contributed by atoms with E-state index in [1.54, 1.807) is 18.2 Å². The molecule has 4 aromatic rings. The summed E-state index contributed by atoms with van der Waals surface area (Å²) in [5.41, 5.74) is 3.52. The topological polar surface area (TPSA) is 55.2 Å². The Labute approximate surface area is 163 Å². The van der Waals surface area contributed by atoms with E-state index in [-0.39, 0.29) is 5.75 Å². The number of para-hydroxylation sites is 2. The van der Waals surface area contributed by atoms with Crippen molar-refractivity contribution in [3.8, 4) is 28.8 Å². The summed E-state index contributed by atoms with van der Waals surface area (Å²) in [6.45, 7) is 5.89. The monoisotopic (exact) mass is 368 g/mol. The zero-order valence-corrected chi connectivity index (χ0v) is 15.6. The SMILES string of the molecule is C=CCc1cc(C)ccc1Oc1nc(-c2ccccc2O)nc2ccccc12. The first-order valence-electron chi connectivity index (χ1n) is 9.09. The van der Waals surface area contributed by atoms with Crippen LogP contribution in [0.1, 0.15) is 11.1 Å². The van der Waals surface area contributed by atoms with Gasteiger partial charge in [0.25, 0.3) is 0 Å². The Bertz CT molecular complexity index is 1170. The first-order chi connectivity index (χ1) is 13.7. The molecule has 28 heavy (non-hydrogen) atoms. The molecule has 1 N–H and O–H groups in total. The molecule has 3 aromatic carbocycles. The minimum absolute atomic E-state index is 0.131. The molecule has 1 aromatic heterocycles. The molecule has 1 heterocycles. The number of ether oxygens (including phenoxy) is 1. The fraction of sp³-hybridized carbons (Fsp3) is 0.0833. The molecule has 0 atom stereocenters. The van der Waals surface area contributed by atoms with Crippen molar-refractivity contribution < 1.29 is 9.84 Å².